The molecule has 0 saturated carbocycles. The Hall–Kier alpha value is -1.97. The molecule has 26 heavy (non-hydrogen) atoms. The minimum atomic E-state index is -3.43. The first-order valence-electron chi connectivity index (χ1n) is 8.38. The smallest absolute Gasteiger partial charge is 0.242 e. The molecule has 2 aromatic rings. The summed E-state index contributed by atoms with van der Waals surface area (Å²) in [6.07, 6.45) is 5.31. The van der Waals surface area contributed by atoms with E-state index in [9.17, 15) is 8.42 Å². The highest BCUT2D eigenvalue weighted by Crippen LogP contribution is 2.30. The molecular formula is C17H23N5O2S2. The number of fused-ring (bicyclic) bond motifs is 1. The predicted molar refractivity (Wildman–Crippen MR) is 104 cm³/mol. The number of aryl methyl sites for hydroxylation is 1. The first kappa shape index (κ1) is 18.8. The molecule has 7 nitrogen and oxygen atoms in total. The van der Waals surface area contributed by atoms with Gasteiger partial charge in [0.2, 0.25) is 10.0 Å². The molecule has 1 aromatic carbocycles. The summed E-state index contributed by atoms with van der Waals surface area (Å²) in [7, 11) is -0.340. The SMILES string of the molecule is C=CCn1cnn(CN2CCCc3cc(S(=O)(=O)N(C)C)ccc32)c1=S. The summed E-state index contributed by atoms with van der Waals surface area (Å²) in [4.78, 5) is 2.52. The average Bonchev–Trinajstić information content (AvgIpc) is 2.95. The predicted octanol–water partition coefficient (Wildman–Crippen LogP) is 2.26. The van der Waals surface area contributed by atoms with Crippen LogP contribution in [-0.2, 0) is 29.7 Å². The first-order chi connectivity index (χ1) is 12.3. The maximum absolute atomic E-state index is 12.4. The van der Waals surface area contributed by atoms with Crippen molar-refractivity contribution in [3.8, 4) is 0 Å². The highest BCUT2D eigenvalue weighted by molar-refractivity contribution is 7.89. The van der Waals surface area contributed by atoms with Crippen molar-refractivity contribution < 1.29 is 8.42 Å². The Bertz CT molecular complexity index is 975. The Morgan fingerprint density at radius 2 is 2.15 bits per heavy atom. The number of rotatable bonds is 6. The van der Waals surface area contributed by atoms with E-state index in [2.05, 4.69) is 16.6 Å². The molecule has 0 saturated heterocycles. The number of sulfonamides is 1. The van der Waals surface area contributed by atoms with E-state index >= 15 is 0 Å². The fourth-order valence-electron chi connectivity index (χ4n) is 3.06. The molecule has 0 N–H and O–H groups in total. The van der Waals surface area contributed by atoms with Gasteiger partial charge in [-0.1, -0.05) is 6.08 Å². The van der Waals surface area contributed by atoms with Gasteiger partial charge in [-0.2, -0.15) is 5.10 Å². The van der Waals surface area contributed by atoms with E-state index in [1.165, 1.54) is 4.31 Å². The number of allylic oxidation sites excluding steroid dienone is 1. The van der Waals surface area contributed by atoms with Crippen molar-refractivity contribution >= 4 is 27.9 Å². The zero-order valence-electron chi connectivity index (χ0n) is 15.0. The van der Waals surface area contributed by atoms with Gasteiger partial charge in [0.1, 0.15) is 13.0 Å². The molecule has 2 heterocycles. The van der Waals surface area contributed by atoms with Gasteiger partial charge in [-0.25, -0.2) is 17.4 Å². The Labute approximate surface area is 159 Å². The van der Waals surface area contributed by atoms with Crippen LogP contribution in [0.25, 0.3) is 0 Å². The number of anilines is 1. The second kappa shape index (κ2) is 7.34. The minimum Gasteiger partial charge on any atom is -0.352 e. The van der Waals surface area contributed by atoms with Gasteiger partial charge in [-0.05, 0) is 48.8 Å². The van der Waals surface area contributed by atoms with Gasteiger partial charge >= 0.3 is 0 Å². The average molecular weight is 394 g/mol. The van der Waals surface area contributed by atoms with Crippen molar-refractivity contribution in [3.05, 3.63) is 47.5 Å². The number of aromatic nitrogens is 3. The molecule has 1 aromatic heterocycles. The van der Waals surface area contributed by atoms with Crippen molar-refractivity contribution in [3.63, 3.8) is 0 Å². The van der Waals surface area contributed by atoms with Gasteiger partial charge in [0, 0.05) is 32.9 Å². The Kier molecular flexibility index (Phi) is 5.31. The molecule has 9 heteroatoms. The third-order valence-corrected chi connectivity index (χ3v) is 6.73. The Morgan fingerprint density at radius 1 is 1.38 bits per heavy atom. The molecule has 0 aliphatic carbocycles. The highest BCUT2D eigenvalue weighted by Gasteiger charge is 2.23. The molecular weight excluding hydrogens is 370 g/mol. The van der Waals surface area contributed by atoms with Crippen LogP contribution in [0.2, 0.25) is 0 Å². The van der Waals surface area contributed by atoms with Crippen LogP contribution in [0.3, 0.4) is 0 Å². The second-order valence-corrected chi connectivity index (χ2v) is 8.96. The quantitative estimate of drug-likeness (QED) is 0.556. The lowest BCUT2D eigenvalue weighted by molar-refractivity contribution is 0.519. The number of benzene rings is 1. The minimum absolute atomic E-state index is 0.329. The molecule has 140 valence electrons. The third kappa shape index (κ3) is 3.46. The number of hydrogen-bond donors (Lipinski definition) is 0. The van der Waals surface area contributed by atoms with E-state index in [-0.39, 0.29) is 0 Å². The molecule has 0 bridgehead atoms. The van der Waals surface area contributed by atoms with Gasteiger partial charge in [-0.15, -0.1) is 6.58 Å². The molecule has 0 spiro atoms. The largest absolute Gasteiger partial charge is 0.352 e. The first-order valence-corrected chi connectivity index (χ1v) is 10.2. The van der Waals surface area contributed by atoms with E-state index in [1.54, 1.807) is 43.3 Å². The van der Waals surface area contributed by atoms with Gasteiger partial charge < -0.3 is 9.47 Å². The molecule has 0 fully saturated rings. The van der Waals surface area contributed by atoms with E-state index in [0.29, 0.717) is 22.9 Å². The normalized spacial score (nSPS) is 14.5. The summed E-state index contributed by atoms with van der Waals surface area (Å²) in [5, 5.41) is 4.36. The van der Waals surface area contributed by atoms with E-state index < -0.39 is 10.0 Å². The van der Waals surface area contributed by atoms with Gasteiger partial charge in [0.25, 0.3) is 0 Å². The van der Waals surface area contributed by atoms with Crippen LogP contribution < -0.4 is 4.90 Å². The lowest BCUT2D eigenvalue weighted by Gasteiger charge is -2.31. The van der Waals surface area contributed by atoms with E-state index in [0.717, 1.165) is 30.6 Å². The number of nitrogens with zero attached hydrogens (tertiary/aromatic N) is 5. The van der Waals surface area contributed by atoms with Crippen LogP contribution >= 0.6 is 12.2 Å². The van der Waals surface area contributed by atoms with Crippen molar-refractivity contribution in [2.45, 2.75) is 31.0 Å². The summed E-state index contributed by atoms with van der Waals surface area (Å²) in [5.74, 6) is 0. The van der Waals surface area contributed by atoms with Crippen molar-refractivity contribution in [2.75, 3.05) is 25.5 Å². The zero-order chi connectivity index (χ0) is 18.9. The molecule has 0 unspecified atom stereocenters. The topological polar surface area (TPSA) is 63.4 Å². The lowest BCUT2D eigenvalue weighted by atomic mass is 10.0. The summed E-state index contributed by atoms with van der Waals surface area (Å²) < 4.78 is 30.3. The van der Waals surface area contributed by atoms with Crippen LogP contribution in [0.5, 0.6) is 0 Å². The van der Waals surface area contributed by atoms with Crippen LogP contribution in [0.4, 0.5) is 5.69 Å². The molecule has 0 atom stereocenters. The van der Waals surface area contributed by atoms with E-state index in [1.807, 2.05) is 10.6 Å². The monoisotopic (exact) mass is 393 g/mol. The third-order valence-electron chi connectivity index (χ3n) is 4.47. The summed E-state index contributed by atoms with van der Waals surface area (Å²) >= 11 is 5.46. The fourth-order valence-corrected chi connectivity index (χ4v) is 4.24. The standard InChI is InChI=1S/C17H23N5O2S2/c1-4-9-20-12-18-22(17(20)25)13-21-10-5-6-14-11-15(7-8-16(14)21)26(23,24)19(2)3/h4,7-8,11-12H,1,5-6,9-10,13H2,2-3H3. The van der Waals surface area contributed by atoms with Crippen molar-refractivity contribution in [2.24, 2.45) is 0 Å². The fraction of sp³-hybridized carbons (Fsp3) is 0.412. The van der Waals surface area contributed by atoms with Crippen LogP contribution in [0.15, 0.2) is 42.1 Å². The van der Waals surface area contributed by atoms with Gasteiger partial charge in [-0.3, -0.25) is 0 Å². The van der Waals surface area contributed by atoms with Crippen LogP contribution in [0.1, 0.15) is 12.0 Å². The van der Waals surface area contributed by atoms with Crippen molar-refractivity contribution in [1.29, 1.82) is 0 Å². The van der Waals surface area contributed by atoms with Crippen LogP contribution in [-0.4, -0.2) is 47.7 Å². The van der Waals surface area contributed by atoms with Crippen molar-refractivity contribution in [1.82, 2.24) is 18.7 Å². The summed E-state index contributed by atoms with van der Waals surface area (Å²) in [5.41, 5.74) is 2.07. The van der Waals surface area contributed by atoms with E-state index in [4.69, 9.17) is 12.2 Å². The molecule has 1 aliphatic heterocycles. The Morgan fingerprint density at radius 3 is 2.85 bits per heavy atom. The Balaban J connectivity index is 1.90. The maximum atomic E-state index is 12.4. The molecule has 0 radical (unpaired) electrons. The highest BCUT2D eigenvalue weighted by atomic mass is 32.2. The van der Waals surface area contributed by atoms with Gasteiger partial charge in [0.05, 0.1) is 4.90 Å². The van der Waals surface area contributed by atoms with Gasteiger partial charge in [0.15, 0.2) is 4.77 Å². The maximum Gasteiger partial charge on any atom is 0.242 e. The molecule has 1 aliphatic rings. The second-order valence-electron chi connectivity index (χ2n) is 6.44. The lowest BCUT2D eigenvalue weighted by Crippen LogP contribution is -2.32. The molecule has 3 rings (SSSR count). The zero-order valence-corrected chi connectivity index (χ0v) is 16.6. The van der Waals surface area contributed by atoms with Crippen LogP contribution in [0, 0.1) is 4.77 Å². The summed E-state index contributed by atoms with van der Waals surface area (Å²) in [6.45, 7) is 5.77. The summed E-state index contributed by atoms with van der Waals surface area (Å²) in [6, 6.07) is 5.34. The molecule has 0 amide bonds. The number of hydrogen-bond acceptors (Lipinski definition) is 5.